The number of halogens is 2. The summed E-state index contributed by atoms with van der Waals surface area (Å²) in [5, 5.41) is 3.63. The first-order valence-electron chi connectivity index (χ1n) is 6.05. The number of aryl methyl sites for hydroxylation is 1. The second kappa shape index (κ2) is 6.24. The molecule has 1 heterocycles. The summed E-state index contributed by atoms with van der Waals surface area (Å²) in [6.45, 7) is 5.72. The van der Waals surface area contributed by atoms with E-state index in [4.69, 9.17) is 27.9 Å². The molecule has 0 unspecified atom stereocenters. The van der Waals surface area contributed by atoms with Crippen LogP contribution in [0.3, 0.4) is 0 Å². The number of hydrogen-bond donors (Lipinski definition) is 1. The number of benzene rings is 1. The van der Waals surface area contributed by atoms with E-state index in [-0.39, 0.29) is 23.3 Å². The van der Waals surface area contributed by atoms with Crippen molar-refractivity contribution in [2.24, 2.45) is 0 Å². The van der Waals surface area contributed by atoms with Crippen molar-refractivity contribution in [3.8, 4) is 6.01 Å². The Morgan fingerprint density at radius 3 is 2.60 bits per heavy atom. The number of nitrogens with zero attached hydrogens (tertiary/aromatic N) is 3. The molecule has 0 spiro atoms. The molecule has 5 nitrogen and oxygen atoms in total. The predicted molar refractivity (Wildman–Crippen MR) is 80.1 cm³/mol. The fourth-order valence-corrected chi connectivity index (χ4v) is 1.82. The Labute approximate surface area is 127 Å². The molecule has 1 aromatic carbocycles. The highest BCUT2D eigenvalue weighted by Crippen LogP contribution is 2.26. The van der Waals surface area contributed by atoms with E-state index in [1.165, 1.54) is 0 Å². The summed E-state index contributed by atoms with van der Waals surface area (Å²) in [4.78, 5) is 12.0. The molecule has 20 heavy (non-hydrogen) atoms. The lowest BCUT2D eigenvalue weighted by Crippen LogP contribution is -2.10. The summed E-state index contributed by atoms with van der Waals surface area (Å²) >= 11 is 12.0. The van der Waals surface area contributed by atoms with E-state index in [1.54, 1.807) is 6.07 Å². The van der Waals surface area contributed by atoms with Gasteiger partial charge in [-0.05, 0) is 50.1 Å². The van der Waals surface area contributed by atoms with E-state index >= 15 is 0 Å². The maximum atomic E-state index is 6.11. The SMILES string of the molecule is Cc1ccc(Cl)c(Nc2nc(Cl)nc(OC(C)C)n2)c1. The minimum atomic E-state index is -0.0520. The van der Waals surface area contributed by atoms with Gasteiger partial charge in [-0.25, -0.2) is 0 Å². The maximum Gasteiger partial charge on any atom is 0.322 e. The third-order valence-electron chi connectivity index (χ3n) is 2.30. The van der Waals surface area contributed by atoms with Gasteiger partial charge in [0, 0.05) is 0 Å². The van der Waals surface area contributed by atoms with Crippen molar-refractivity contribution in [1.29, 1.82) is 0 Å². The predicted octanol–water partition coefficient (Wildman–Crippen LogP) is 4.02. The first-order chi connectivity index (χ1) is 9.44. The molecular formula is C13H14Cl2N4O. The summed E-state index contributed by atoms with van der Waals surface area (Å²) in [6, 6.07) is 5.78. The highest BCUT2D eigenvalue weighted by Gasteiger charge is 2.09. The summed E-state index contributed by atoms with van der Waals surface area (Å²) in [5.41, 5.74) is 1.76. The van der Waals surface area contributed by atoms with Gasteiger partial charge in [0.15, 0.2) is 0 Å². The summed E-state index contributed by atoms with van der Waals surface area (Å²) in [5.74, 6) is 0.285. The third-order valence-corrected chi connectivity index (χ3v) is 2.80. The van der Waals surface area contributed by atoms with Gasteiger partial charge in [-0.1, -0.05) is 17.7 Å². The first kappa shape index (κ1) is 14.8. The standard InChI is InChI=1S/C13H14Cl2N4O/c1-7(2)20-13-18-11(15)17-12(19-13)16-10-6-8(3)4-5-9(10)14/h4-7H,1-3H3,(H,16,17,18,19). The van der Waals surface area contributed by atoms with Crippen molar-refractivity contribution in [2.75, 3.05) is 5.32 Å². The smallest absolute Gasteiger partial charge is 0.322 e. The molecule has 0 atom stereocenters. The van der Waals surface area contributed by atoms with Gasteiger partial charge in [-0.3, -0.25) is 0 Å². The van der Waals surface area contributed by atoms with Crippen LogP contribution in [0.25, 0.3) is 0 Å². The molecule has 7 heteroatoms. The van der Waals surface area contributed by atoms with Gasteiger partial charge in [0.2, 0.25) is 11.2 Å². The van der Waals surface area contributed by atoms with Crippen molar-refractivity contribution in [3.05, 3.63) is 34.1 Å². The molecule has 0 fully saturated rings. The van der Waals surface area contributed by atoms with Crippen LogP contribution in [0.1, 0.15) is 19.4 Å². The monoisotopic (exact) mass is 312 g/mol. The number of rotatable bonds is 4. The van der Waals surface area contributed by atoms with Crippen LogP contribution in [0, 0.1) is 6.92 Å². The van der Waals surface area contributed by atoms with Crippen LogP contribution in [0.2, 0.25) is 10.3 Å². The highest BCUT2D eigenvalue weighted by molar-refractivity contribution is 6.33. The molecule has 0 radical (unpaired) electrons. The molecule has 0 saturated heterocycles. The molecular weight excluding hydrogens is 299 g/mol. The van der Waals surface area contributed by atoms with Crippen LogP contribution in [0.15, 0.2) is 18.2 Å². The lowest BCUT2D eigenvalue weighted by atomic mass is 10.2. The second-order valence-corrected chi connectivity index (χ2v) is 5.23. The minimum absolute atomic E-state index is 0.0520. The largest absolute Gasteiger partial charge is 0.461 e. The van der Waals surface area contributed by atoms with E-state index in [0.29, 0.717) is 10.7 Å². The quantitative estimate of drug-likeness (QED) is 0.924. The van der Waals surface area contributed by atoms with Crippen molar-refractivity contribution in [2.45, 2.75) is 26.9 Å². The Kier molecular flexibility index (Phi) is 4.62. The number of ether oxygens (including phenoxy) is 1. The molecule has 0 bridgehead atoms. The Bertz CT molecular complexity index is 619. The minimum Gasteiger partial charge on any atom is -0.461 e. The van der Waals surface area contributed by atoms with Crippen LogP contribution in [0.4, 0.5) is 11.6 Å². The number of aromatic nitrogens is 3. The Hall–Kier alpha value is -1.59. The molecule has 1 aromatic heterocycles. The summed E-state index contributed by atoms with van der Waals surface area (Å²) < 4.78 is 5.41. The summed E-state index contributed by atoms with van der Waals surface area (Å²) in [6.07, 6.45) is -0.0520. The molecule has 1 N–H and O–H groups in total. The zero-order valence-corrected chi connectivity index (χ0v) is 12.8. The van der Waals surface area contributed by atoms with Gasteiger partial charge in [0.25, 0.3) is 0 Å². The molecule has 0 amide bonds. The molecule has 2 rings (SSSR count). The average Bonchev–Trinajstić information content (AvgIpc) is 2.32. The number of anilines is 2. The topological polar surface area (TPSA) is 59.9 Å². The molecule has 2 aromatic rings. The lowest BCUT2D eigenvalue weighted by molar-refractivity contribution is 0.222. The summed E-state index contributed by atoms with van der Waals surface area (Å²) in [7, 11) is 0. The van der Waals surface area contributed by atoms with Crippen molar-refractivity contribution in [1.82, 2.24) is 15.0 Å². The lowest BCUT2D eigenvalue weighted by Gasteiger charge is -2.11. The normalized spacial score (nSPS) is 10.7. The van der Waals surface area contributed by atoms with Gasteiger partial charge in [-0.2, -0.15) is 15.0 Å². The van der Waals surface area contributed by atoms with Gasteiger partial charge < -0.3 is 10.1 Å². The Morgan fingerprint density at radius 1 is 1.15 bits per heavy atom. The van der Waals surface area contributed by atoms with Gasteiger partial charge in [-0.15, -0.1) is 0 Å². The molecule has 0 aliphatic carbocycles. The van der Waals surface area contributed by atoms with E-state index in [1.807, 2.05) is 32.9 Å². The zero-order chi connectivity index (χ0) is 14.7. The average molecular weight is 313 g/mol. The molecule has 0 aliphatic heterocycles. The van der Waals surface area contributed by atoms with Crippen molar-refractivity contribution >= 4 is 34.8 Å². The van der Waals surface area contributed by atoms with E-state index < -0.39 is 0 Å². The Balaban J connectivity index is 2.28. The van der Waals surface area contributed by atoms with Gasteiger partial charge in [0.05, 0.1) is 16.8 Å². The van der Waals surface area contributed by atoms with E-state index in [2.05, 4.69) is 20.3 Å². The maximum absolute atomic E-state index is 6.11. The van der Waals surface area contributed by atoms with Crippen LogP contribution in [-0.2, 0) is 0 Å². The van der Waals surface area contributed by atoms with Gasteiger partial charge in [0.1, 0.15) is 0 Å². The number of nitrogens with one attached hydrogen (secondary N) is 1. The fraction of sp³-hybridized carbons (Fsp3) is 0.308. The zero-order valence-electron chi connectivity index (χ0n) is 11.3. The molecule has 106 valence electrons. The van der Waals surface area contributed by atoms with Crippen LogP contribution in [-0.4, -0.2) is 21.1 Å². The van der Waals surface area contributed by atoms with Crippen LogP contribution >= 0.6 is 23.2 Å². The van der Waals surface area contributed by atoms with Crippen LogP contribution in [0.5, 0.6) is 6.01 Å². The third kappa shape index (κ3) is 3.95. The van der Waals surface area contributed by atoms with E-state index in [9.17, 15) is 0 Å². The molecule has 0 aliphatic rings. The van der Waals surface area contributed by atoms with E-state index in [0.717, 1.165) is 5.56 Å². The number of hydrogen-bond acceptors (Lipinski definition) is 5. The second-order valence-electron chi connectivity index (χ2n) is 4.49. The molecule has 0 saturated carbocycles. The fourth-order valence-electron chi connectivity index (χ4n) is 1.51. The first-order valence-corrected chi connectivity index (χ1v) is 6.81. The highest BCUT2D eigenvalue weighted by atomic mass is 35.5. The van der Waals surface area contributed by atoms with Gasteiger partial charge >= 0.3 is 6.01 Å². The Morgan fingerprint density at radius 2 is 1.90 bits per heavy atom. The van der Waals surface area contributed by atoms with Crippen LogP contribution < -0.4 is 10.1 Å². The van der Waals surface area contributed by atoms with Crippen molar-refractivity contribution in [3.63, 3.8) is 0 Å². The van der Waals surface area contributed by atoms with Crippen molar-refractivity contribution < 1.29 is 4.74 Å².